The lowest BCUT2D eigenvalue weighted by Gasteiger charge is -2.07. The van der Waals surface area contributed by atoms with Crippen LogP contribution in [0.25, 0.3) is 0 Å². The molecule has 24 heavy (non-hydrogen) atoms. The van der Waals surface area contributed by atoms with Crippen LogP contribution in [0.5, 0.6) is 0 Å². The van der Waals surface area contributed by atoms with Gasteiger partial charge in [-0.15, -0.1) is 0 Å². The van der Waals surface area contributed by atoms with Crippen molar-refractivity contribution in [3.63, 3.8) is 0 Å². The number of hydrogen-bond acceptors (Lipinski definition) is 4. The van der Waals surface area contributed by atoms with Gasteiger partial charge < -0.3 is 14.4 Å². The van der Waals surface area contributed by atoms with Crippen LogP contribution in [0, 0.1) is 12.7 Å². The Kier molecular flexibility index (Phi) is 3.97. The first-order chi connectivity index (χ1) is 11.4. The highest BCUT2D eigenvalue weighted by Crippen LogP contribution is 2.25. The lowest BCUT2D eigenvalue weighted by Crippen LogP contribution is -2.22. The molecule has 2 aromatic rings. The maximum absolute atomic E-state index is 13.0. The molecule has 0 atom stereocenters. The zero-order valence-corrected chi connectivity index (χ0v) is 13.3. The molecule has 1 amide bonds. The molecular formula is C18H16FNO4. The van der Waals surface area contributed by atoms with E-state index in [2.05, 4.69) is 0 Å². The predicted molar refractivity (Wildman–Crippen MR) is 84.3 cm³/mol. The Hall–Kier alpha value is -2.89. The van der Waals surface area contributed by atoms with Crippen molar-refractivity contribution in [1.82, 2.24) is 4.90 Å². The van der Waals surface area contributed by atoms with Gasteiger partial charge in [0.1, 0.15) is 11.6 Å². The second-order valence-electron chi connectivity index (χ2n) is 5.83. The SMILES string of the molecule is Cc1cc(Cc2ccc(F)cc2)c(C(=O)C2=C(O)C(=O)N(C)C2)o1. The molecule has 1 aliphatic rings. The van der Waals surface area contributed by atoms with Crippen LogP contribution in [-0.4, -0.2) is 35.3 Å². The summed E-state index contributed by atoms with van der Waals surface area (Å²) in [6.07, 6.45) is 0.385. The molecule has 0 aliphatic carbocycles. The Morgan fingerprint density at radius 2 is 2.00 bits per heavy atom. The van der Waals surface area contributed by atoms with Crippen LogP contribution in [0.1, 0.15) is 27.4 Å². The molecule has 1 aliphatic heterocycles. The molecule has 0 unspecified atom stereocenters. The van der Waals surface area contributed by atoms with Crippen LogP contribution in [0.15, 0.2) is 46.1 Å². The van der Waals surface area contributed by atoms with Crippen LogP contribution in [-0.2, 0) is 11.2 Å². The van der Waals surface area contributed by atoms with Gasteiger partial charge in [-0.25, -0.2) is 4.39 Å². The van der Waals surface area contributed by atoms with E-state index in [1.54, 1.807) is 25.1 Å². The van der Waals surface area contributed by atoms with Gasteiger partial charge in [0.25, 0.3) is 5.91 Å². The van der Waals surface area contributed by atoms with E-state index in [1.807, 2.05) is 0 Å². The Morgan fingerprint density at radius 1 is 1.33 bits per heavy atom. The number of carbonyl (C=O) groups is 2. The van der Waals surface area contributed by atoms with Gasteiger partial charge in [-0.2, -0.15) is 0 Å². The maximum atomic E-state index is 13.0. The number of hydrogen-bond donors (Lipinski definition) is 1. The molecule has 124 valence electrons. The van der Waals surface area contributed by atoms with Crippen molar-refractivity contribution in [2.24, 2.45) is 0 Å². The monoisotopic (exact) mass is 329 g/mol. The number of Topliss-reactive ketones (excluding diaryl/α,β-unsaturated/α-hetero) is 1. The molecular weight excluding hydrogens is 313 g/mol. The van der Waals surface area contributed by atoms with Crippen molar-refractivity contribution in [2.45, 2.75) is 13.3 Å². The summed E-state index contributed by atoms with van der Waals surface area (Å²) in [7, 11) is 1.51. The van der Waals surface area contributed by atoms with Crippen molar-refractivity contribution < 1.29 is 23.5 Å². The fourth-order valence-corrected chi connectivity index (χ4v) is 2.72. The quantitative estimate of drug-likeness (QED) is 0.876. The number of nitrogens with zero attached hydrogens (tertiary/aromatic N) is 1. The standard InChI is InChI=1S/C18H16FNO4/c1-10-7-12(8-11-3-5-13(19)6-4-11)17(24-10)15(21)14-9-20(2)18(23)16(14)22/h3-7,22H,8-9H2,1-2H3. The van der Waals surface area contributed by atoms with Crippen LogP contribution in [0.2, 0.25) is 0 Å². The molecule has 1 N–H and O–H groups in total. The average Bonchev–Trinajstić information content (AvgIpc) is 3.04. The van der Waals surface area contributed by atoms with E-state index in [1.165, 1.54) is 24.1 Å². The van der Waals surface area contributed by atoms with E-state index in [0.29, 0.717) is 17.7 Å². The fraction of sp³-hybridized carbons (Fsp3) is 0.222. The van der Waals surface area contributed by atoms with Crippen molar-refractivity contribution in [2.75, 3.05) is 13.6 Å². The summed E-state index contributed by atoms with van der Waals surface area (Å²) < 4.78 is 18.5. The molecule has 0 fully saturated rings. The number of furan rings is 1. The largest absolute Gasteiger partial charge is 0.503 e. The molecule has 0 radical (unpaired) electrons. The number of likely N-dealkylation sites (N-methyl/N-ethyl adjacent to an activating group) is 1. The van der Waals surface area contributed by atoms with Crippen molar-refractivity contribution in [3.05, 3.63) is 70.1 Å². The second-order valence-corrected chi connectivity index (χ2v) is 5.83. The molecule has 3 rings (SSSR count). The number of benzene rings is 1. The molecule has 0 spiro atoms. The molecule has 5 nitrogen and oxygen atoms in total. The number of aliphatic hydroxyl groups excluding tert-OH is 1. The Morgan fingerprint density at radius 3 is 2.58 bits per heavy atom. The van der Waals surface area contributed by atoms with Gasteiger partial charge in [0.15, 0.2) is 11.5 Å². The lowest BCUT2D eigenvalue weighted by molar-refractivity contribution is -0.126. The first-order valence-electron chi connectivity index (χ1n) is 7.43. The van der Waals surface area contributed by atoms with Gasteiger partial charge in [0.2, 0.25) is 5.78 Å². The third-order valence-electron chi connectivity index (χ3n) is 3.95. The summed E-state index contributed by atoms with van der Waals surface area (Å²) in [4.78, 5) is 25.6. The number of amides is 1. The van der Waals surface area contributed by atoms with E-state index < -0.39 is 17.4 Å². The van der Waals surface area contributed by atoms with Crippen LogP contribution in [0.3, 0.4) is 0 Å². The van der Waals surface area contributed by atoms with Crippen molar-refractivity contribution >= 4 is 11.7 Å². The summed E-state index contributed by atoms with van der Waals surface area (Å²) in [6.45, 7) is 1.75. The van der Waals surface area contributed by atoms with Gasteiger partial charge in [0, 0.05) is 19.0 Å². The van der Waals surface area contributed by atoms with Gasteiger partial charge in [-0.3, -0.25) is 9.59 Å². The van der Waals surface area contributed by atoms with E-state index >= 15 is 0 Å². The maximum Gasteiger partial charge on any atom is 0.289 e. The van der Waals surface area contributed by atoms with Crippen molar-refractivity contribution in [1.29, 1.82) is 0 Å². The minimum Gasteiger partial charge on any atom is -0.503 e. The highest BCUT2D eigenvalue weighted by atomic mass is 19.1. The topological polar surface area (TPSA) is 70.8 Å². The van der Waals surface area contributed by atoms with Gasteiger partial charge >= 0.3 is 0 Å². The highest BCUT2D eigenvalue weighted by Gasteiger charge is 2.34. The minimum absolute atomic E-state index is 0.0252. The molecule has 2 heterocycles. The zero-order valence-electron chi connectivity index (χ0n) is 13.3. The summed E-state index contributed by atoms with van der Waals surface area (Å²) in [5.74, 6) is -1.31. The predicted octanol–water partition coefficient (Wildman–Crippen LogP) is 2.78. The molecule has 0 saturated heterocycles. The Balaban J connectivity index is 1.93. The normalized spacial score (nSPS) is 14.6. The summed E-state index contributed by atoms with van der Waals surface area (Å²) in [5.41, 5.74) is 1.48. The molecule has 6 heteroatoms. The number of ketones is 1. The summed E-state index contributed by atoms with van der Waals surface area (Å²) in [6, 6.07) is 7.70. The molecule has 0 saturated carbocycles. The van der Waals surface area contributed by atoms with E-state index in [9.17, 15) is 19.1 Å². The molecule has 0 bridgehead atoms. The van der Waals surface area contributed by atoms with E-state index in [-0.39, 0.29) is 23.7 Å². The number of rotatable bonds is 4. The number of carbonyl (C=O) groups excluding carboxylic acids is 2. The first kappa shape index (κ1) is 16.0. The second kappa shape index (κ2) is 5.96. The van der Waals surface area contributed by atoms with Gasteiger partial charge in [-0.1, -0.05) is 12.1 Å². The third-order valence-corrected chi connectivity index (χ3v) is 3.95. The smallest absolute Gasteiger partial charge is 0.289 e. The average molecular weight is 329 g/mol. The number of aliphatic hydroxyl groups is 1. The van der Waals surface area contributed by atoms with E-state index in [0.717, 1.165) is 5.56 Å². The van der Waals surface area contributed by atoms with Crippen LogP contribution >= 0.6 is 0 Å². The molecule has 1 aromatic carbocycles. The van der Waals surface area contributed by atoms with Gasteiger partial charge in [0.05, 0.1) is 12.1 Å². The fourth-order valence-electron chi connectivity index (χ4n) is 2.72. The number of aryl methyl sites for hydroxylation is 1. The van der Waals surface area contributed by atoms with Crippen LogP contribution < -0.4 is 0 Å². The van der Waals surface area contributed by atoms with Crippen LogP contribution in [0.4, 0.5) is 4.39 Å². The zero-order chi connectivity index (χ0) is 17.4. The summed E-state index contributed by atoms with van der Waals surface area (Å²) in [5, 5.41) is 9.86. The van der Waals surface area contributed by atoms with E-state index in [4.69, 9.17) is 4.42 Å². The summed E-state index contributed by atoms with van der Waals surface area (Å²) >= 11 is 0. The minimum atomic E-state index is -0.582. The highest BCUT2D eigenvalue weighted by molar-refractivity contribution is 6.14. The lowest BCUT2D eigenvalue weighted by atomic mass is 10.0. The number of halogens is 1. The Bertz CT molecular complexity index is 848. The first-order valence-corrected chi connectivity index (χ1v) is 7.43. The van der Waals surface area contributed by atoms with Gasteiger partial charge in [-0.05, 0) is 30.7 Å². The Labute approximate surface area is 138 Å². The van der Waals surface area contributed by atoms with Crippen molar-refractivity contribution in [3.8, 4) is 0 Å². The molecule has 1 aromatic heterocycles. The third kappa shape index (κ3) is 2.82.